The van der Waals surface area contributed by atoms with Gasteiger partial charge in [0, 0.05) is 0 Å². The van der Waals surface area contributed by atoms with Gasteiger partial charge in [-0.2, -0.15) is 0 Å². The van der Waals surface area contributed by atoms with E-state index in [9.17, 15) is 15.3 Å². The van der Waals surface area contributed by atoms with Crippen molar-refractivity contribution < 1.29 is 38.8 Å². The fraction of sp³-hybridized carbons (Fsp3) is 0.294. The SMILES string of the molecule is COCP(COC)(COC)(COC)Oc1ccc(C(c2ccc(O)cc2)C(c2ccc(O)cc2)c2ccc(O)cc2)cc1. The van der Waals surface area contributed by atoms with E-state index in [2.05, 4.69) is 0 Å². The van der Waals surface area contributed by atoms with Crippen LogP contribution in [0.1, 0.15) is 34.1 Å². The van der Waals surface area contributed by atoms with E-state index in [1.165, 1.54) is 0 Å². The summed E-state index contributed by atoms with van der Waals surface area (Å²) in [5, 5.41) is 30.2. The van der Waals surface area contributed by atoms with Gasteiger partial charge in [-0.1, -0.05) is 0 Å². The first-order valence-corrected chi connectivity index (χ1v) is 16.8. The maximum absolute atomic E-state index is 10.1. The van der Waals surface area contributed by atoms with E-state index in [4.69, 9.17) is 23.5 Å². The van der Waals surface area contributed by atoms with Crippen molar-refractivity contribution in [2.45, 2.75) is 11.8 Å². The first-order valence-electron chi connectivity index (χ1n) is 13.9. The number of phenolic OH excluding ortho intramolecular Hbond substituents is 3. The second-order valence-corrected chi connectivity index (χ2v) is 15.9. The fourth-order valence-corrected chi connectivity index (χ4v) is 9.86. The van der Waals surface area contributed by atoms with Gasteiger partial charge in [0.25, 0.3) is 0 Å². The average Bonchev–Trinajstić information content (AvgIpc) is 2.99. The van der Waals surface area contributed by atoms with E-state index in [0.29, 0.717) is 31.1 Å². The molecule has 4 aromatic rings. The van der Waals surface area contributed by atoms with E-state index in [1.54, 1.807) is 64.8 Å². The number of methoxy groups -OCH3 is 4. The molecule has 0 aliphatic rings. The van der Waals surface area contributed by atoms with E-state index in [1.807, 2.05) is 60.7 Å². The number of hydrogen-bond acceptors (Lipinski definition) is 8. The van der Waals surface area contributed by atoms with Gasteiger partial charge >= 0.3 is 254 Å². The van der Waals surface area contributed by atoms with Gasteiger partial charge in [0.15, 0.2) is 0 Å². The van der Waals surface area contributed by atoms with Gasteiger partial charge < -0.3 is 0 Å². The summed E-state index contributed by atoms with van der Waals surface area (Å²) in [5.74, 6) is 0.777. The van der Waals surface area contributed by atoms with Gasteiger partial charge in [0.05, 0.1) is 0 Å². The average molecular weight is 609 g/mol. The molecule has 0 spiro atoms. The predicted molar refractivity (Wildman–Crippen MR) is 170 cm³/mol. The number of phenols is 3. The zero-order valence-corrected chi connectivity index (χ0v) is 25.9. The summed E-state index contributed by atoms with van der Waals surface area (Å²) in [6.45, 7) is -3.30. The van der Waals surface area contributed by atoms with Crippen LogP contribution in [0.4, 0.5) is 0 Å². The summed E-state index contributed by atoms with van der Waals surface area (Å²) in [5.41, 5.74) is 3.94. The Morgan fingerprint density at radius 1 is 0.442 bits per heavy atom. The molecule has 43 heavy (non-hydrogen) atoms. The minimum absolute atomic E-state index is 0.177. The van der Waals surface area contributed by atoms with Crippen LogP contribution in [0.2, 0.25) is 0 Å². The van der Waals surface area contributed by atoms with Crippen molar-refractivity contribution in [2.75, 3.05) is 53.8 Å². The van der Waals surface area contributed by atoms with Crippen molar-refractivity contribution in [3.63, 3.8) is 0 Å². The molecule has 0 saturated carbocycles. The zero-order valence-electron chi connectivity index (χ0n) is 25.1. The Morgan fingerprint density at radius 3 is 0.953 bits per heavy atom. The van der Waals surface area contributed by atoms with Crippen LogP contribution in [-0.4, -0.2) is 69.2 Å². The van der Waals surface area contributed by atoms with Crippen LogP contribution in [0.3, 0.4) is 0 Å². The Bertz CT molecular complexity index is 1340. The molecule has 0 amide bonds. The third-order valence-electron chi connectivity index (χ3n) is 7.52. The van der Waals surface area contributed by atoms with Gasteiger partial charge in [-0.3, -0.25) is 0 Å². The Hall–Kier alpha value is -3.65. The summed E-state index contributed by atoms with van der Waals surface area (Å²) >= 11 is 0. The molecular weight excluding hydrogens is 567 g/mol. The minimum atomic E-state index is -3.30. The Balaban J connectivity index is 1.84. The molecule has 4 aromatic carbocycles. The molecule has 8 nitrogen and oxygen atoms in total. The Labute approximate surface area is 253 Å². The van der Waals surface area contributed by atoms with E-state index < -0.39 is 6.83 Å². The molecule has 0 heterocycles. The van der Waals surface area contributed by atoms with Crippen molar-refractivity contribution in [3.8, 4) is 23.0 Å². The monoisotopic (exact) mass is 608 g/mol. The summed E-state index contributed by atoms with van der Waals surface area (Å²) in [4.78, 5) is 0. The molecule has 0 radical (unpaired) electrons. The van der Waals surface area contributed by atoms with Crippen LogP contribution in [-0.2, 0) is 18.9 Å². The summed E-state index contributed by atoms with van der Waals surface area (Å²) in [7, 11) is 6.52. The van der Waals surface area contributed by atoms with Crippen LogP contribution in [0.25, 0.3) is 0 Å². The molecule has 0 saturated heterocycles. The van der Waals surface area contributed by atoms with Crippen molar-refractivity contribution in [2.24, 2.45) is 0 Å². The first kappa shape index (κ1) is 32.3. The van der Waals surface area contributed by atoms with E-state index in [-0.39, 0.29) is 29.1 Å². The third kappa shape index (κ3) is 7.47. The topological polar surface area (TPSA) is 107 Å². The van der Waals surface area contributed by atoms with E-state index in [0.717, 1.165) is 22.3 Å². The van der Waals surface area contributed by atoms with Crippen LogP contribution < -0.4 is 4.52 Å². The van der Waals surface area contributed by atoms with Crippen molar-refractivity contribution >= 4 is 6.83 Å². The fourth-order valence-electron chi connectivity index (χ4n) is 5.87. The van der Waals surface area contributed by atoms with Gasteiger partial charge in [-0.05, 0) is 0 Å². The van der Waals surface area contributed by atoms with Gasteiger partial charge in [-0.15, -0.1) is 0 Å². The van der Waals surface area contributed by atoms with E-state index >= 15 is 0 Å². The van der Waals surface area contributed by atoms with Gasteiger partial charge in [0.2, 0.25) is 0 Å². The van der Waals surface area contributed by atoms with Crippen LogP contribution in [0, 0.1) is 0 Å². The number of ether oxygens (including phenoxy) is 4. The van der Waals surface area contributed by atoms with Crippen LogP contribution in [0.5, 0.6) is 23.0 Å². The molecule has 4 rings (SSSR count). The normalized spacial score (nSPS) is 13.4. The maximum atomic E-state index is 10.1. The second kappa shape index (κ2) is 14.2. The summed E-state index contributed by atoms with van der Waals surface area (Å²) < 4.78 is 29.4. The van der Waals surface area contributed by atoms with Gasteiger partial charge in [-0.25, -0.2) is 0 Å². The molecule has 230 valence electrons. The molecule has 1 atom stereocenters. The number of hydrogen-bond donors (Lipinski definition) is 3. The molecule has 0 aliphatic carbocycles. The standard InChI is InChI=1S/C34H41O8P/c1-38-21-43(22-39-2,23-40-3,24-41-4)42-32-19-11-28(12-20-32)34(27-9-17-31(37)18-10-27)33(25-5-13-29(35)14-6-25)26-7-15-30(36)16-8-26/h5-20,33-37H,21-24H2,1-4H3. The van der Waals surface area contributed by atoms with Crippen molar-refractivity contribution in [3.05, 3.63) is 119 Å². The first-order chi connectivity index (χ1) is 20.7. The van der Waals surface area contributed by atoms with Gasteiger partial charge in [0.1, 0.15) is 0 Å². The number of benzene rings is 4. The quantitative estimate of drug-likeness (QED) is 0.124. The van der Waals surface area contributed by atoms with Crippen LogP contribution >= 0.6 is 6.83 Å². The molecular formula is C34H41O8P. The number of aromatic hydroxyl groups is 3. The van der Waals surface area contributed by atoms with Crippen molar-refractivity contribution in [1.82, 2.24) is 0 Å². The molecule has 3 N–H and O–H groups in total. The molecule has 0 aromatic heterocycles. The second-order valence-electron chi connectivity index (χ2n) is 10.9. The third-order valence-corrected chi connectivity index (χ3v) is 11.9. The molecule has 0 fully saturated rings. The Kier molecular flexibility index (Phi) is 10.7. The Morgan fingerprint density at radius 2 is 0.698 bits per heavy atom. The molecule has 0 aliphatic heterocycles. The van der Waals surface area contributed by atoms with Crippen LogP contribution in [0.15, 0.2) is 97.1 Å². The zero-order chi connectivity index (χ0) is 30.9. The van der Waals surface area contributed by atoms with Crippen molar-refractivity contribution in [1.29, 1.82) is 0 Å². The predicted octanol–water partition coefficient (Wildman–Crippen LogP) is 7.03. The summed E-state index contributed by atoms with van der Waals surface area (Å²) in [6.07, 6.45) is 1.18. The molecule has 0 bridgehead atoms. The number of rotatable bonds is 15. The molecule has 1 unspecified atom stereocenters. The molecule has 9 heteroatoms. The summed E-state index contributed by atoms with van der Waals surface area (Å²) in [6, 6.07) is 29.5.